The SMILES string of the molecule is CCc1nn([C@@H](CC)C(=O)NCCc2ccc(OC)cc2OC)c(=O)c2cc3occc3n12. The van der Waals surface area contributed by atoms with Crippen molar-refractivity contribution in [3.63, 3.8) is 0 Å². The van der Waals surface area contributed by atoms with Gasteiger partial charge in [0.1, 0.15) is 28.9 Å². The van der Waals surface area contributed by atoms with Crippen LogP contribution in [0.4, 0.5) is 0 Å². The number of fused-ring (bicyclic) bond motifs is 3. The van der Waals surface area contributed by atoms with Crippen LogP contribution in [0.1, 0.15) is 37.7 Å². The van der Waals surface area contributed by atoms with Crippen LogP contribution in [0.3, 0.4) is 0 Å². The number of ether oxygens (including phenoxy) is 2. The number of aromatic nitrogens is 3. The first-order valence-electron chi connectivity index (χ1n) is 11.0. The van der Waals surface area contributed by atoms with Crippen molar-refractivity contribution in [3.8, 4) is 11.5 Å². The number of benzene rings is 1. The number of nitrogens with one attached hydrogen (secondary N) is 1. The van der Waals surface area contributed by atoms with Gasteiger partial charge in [-0.15, -0.1) is 0 Å². The number of amides is 1. The van der Waals surface area contributed by atoms with Gasteiger partial charge in [-0.25, -0.2) is 4.68 Å². The molecule has 3 aromatic heterocycles. The van der Waals surface area contributed by atoms with Crippen LogP contribution in [0, 0.1) is 0 Å². The average Bonchev–Trinajstić information content (AvgIpc) is 3.43. The molecule has 9 heteroatoms. The highest BCUT2D eigenvalue weighted by Crippen LogP contribution is 2.25. The first kappa shape index (κ1) is 22.4. The van der Waals surface area contributed by atoms with Crippen molar-refractivity contribution in [2.75, 3.05) is 20.8 Å². The summed E-state index contributed by atoms with van der Waals surface area (Å²) >= 11 is 0. The molecule has 0 bridgehead atoms. The lowest BCUT2D eigenvalue weighted by Gasteiger charge is -2.18. The Labute approximate surface area is 190 Å². The zero-order chi connectivity index (χ0) is 23.5. The fourth-order valence-electron chi connectivity index (χ4n) is 4.10. The Hall–Kier alpha value is -3.75. The van der Waals surface area contributed by atoms with Crippen molar-refractivity contribution < 1.29 is 18.7 Å². The Bertz CT molecular complexity index is 1350. The van der Waals surface area contributed by atoms with Gasteiger partial charge in [0.05, 0.1) is 26.0 Å². The van der Waals surface area contributed by atoms with Gasteiger partial charge < -0.3 is 19.2 Å². The molecule has 4 rings (SSSR count). The number of carbonyl (C=O) groups is 1. The topological polar surface area (TPSA) is 100 Å². The minimum Gasteiger partial charge on any atom is -0.497 e. The van der Waals surface area contributed by atoms with E-state index in [4.69, 9.17) is 13.9 Å². The number of aryl methyl sites for hydroxylation is 1. The van der Waals surface area contributed by atoms with Crippen LogP contribution >= 0.6 is 0 Å². The lowest BCUT2D eigenvalue weighted by atomic mass is 10.1. The van der Waals surface area contributed by atoms with Crippen LogP contribution in [-0.2, 0) is 17.6 Å². The van der Waals surface area contributed by atoms with Gasteiger partial charge in [-0.05, 0) is 24.5 Å². The molecule has 9 nitrogen and oxygen atoms in total. The predicted molar refractivity (Wildman–Crippen MR) is 124 cm³/mol. The summed E-state index contributed by atoms with van der Waals surface area (Å²) in [4.78, 5) is 26.3. The number of methoxy groups -OCH3 is 2. The molecule has 33 heavy (non-hydrogen) atoms. The Kier molecular flexibility index (Phi) is 6.39. The number of carbonyl (C=O) groups excluding carboxylic acids is 1. The van der Waals surface area contributed by atoms with Gasteiger partial charge in [-0.3, -0.25) is 14.0 Å². The molecule has 0 radical (unpaired) electrons. The molecule has 0 saturated heterocycles. The highest BCUT2D eigenvalue weighted by molar-refractivity contribution is 5.83. The van der Waals surface area contributed by atoms with Crippen LogP contribution in [0.15, 0.2) is 45.8 Å². The van der Waals surface area contributed by atoms with Gasteiger partial charge in [-0.1, -0.05) is 19.9 Å². The van der Waals surface area contributed by atoms with Crippen LogP contribution < -0.4 is 20.3 Å². The number of nitrogens with zero attached hydrogens (tertiary/aromatic N) is 3. The predicted octanol–water partition coefficient (Wildman–Crippen LogP) is 3.13. The molecule has 3 heterocycles. The molecule has 1 aromatic carbocycles. The van der Waals surface area contributed by atoms with E-state index in [0.29, 0.717) is 54.2 Å². The van der Waals surface area contributed by atoms with Gasteiger partial charge in [0, 0.05) is 31.2 Å². The highest BCUT2D eigenvalue weighted by atomic mass is 16.5. The zero-order valence-electron chi connectivity index (χ0n) is 19.3. The van der Waals surface area contributed by atoms with E-state index in [1.54, 1.807) is 30.9 Å². The number of furan rings is 1. The molecule has 0 aliphatic rings. The summed E-state index contributed by atoms with van der Waals surface area (Å²) in [5, 5.41) is 7.50. The van der Waals surface area contributed by atoms with Crippen LogP contribution in [0.5, 0.6) is 11.5 Å². The standard InChI is InChI=1S/C24H28N4O5/c1-5-17(23(29)25-11-9-15-7-8-16(31-3)13-20(15)32-4)28-24(30)19-14-21-18(10-12-33-21)27(19)22(6-2)26-28/h7-8,10,12-14,17H,5-6,9,11H2,1-4H3,(H,25,29)/t17-/m0/s1. The van der Waals surface area contributed by atoms with Crippen LogP contribution in [0.2, 0.25) is 0 Å². The van der Waals surface area contributed by atoms with Gasteiger partial charge in [0.2, 0.25) is 5.91 Å². The third-order valence-corrected chi connectivity index (χ3v) is 5.82. The first-order chi connectivity index (χ1) is 16.0. The van der Waals surface area contributed by atoms with Gasteiger partial charge >= 0.3 is 0 Å². The Balaban J connectivity index is 1.56. The monoisotopic (exact) mass is 452 g/mol. The molecule has 174 valence electrons. The maximum Gasteiger partial charge on any atom is 0.291 e. The van der Waals surface area contributed by atoms with Crippen LogP contribution in [0.25, 0.3) is 16.6 Å². The Morgan fingerprint density at radius 1 is 1.15 bits per heavy atom. The van der Waals surface area contributed by atoms with E-state index in [2.05, 4.69) is 10.4 Å². The second-order valence-electron chi connectivity index (χ2n) is 7.70. The van der Waals surface area contributed by atoms with Crippen molar-refractivity contribution in [3.05, 3.63) is 58.3 Å². The van der Waals surface area contributed by atoms with Crippen molar-refractivity contribution in [1.82, 2.24) is 19.5 Å². The fourth-order valence-corrected chi connectivity index (χ4v) is 4.10. The molecule has 0 aliphatic heterocycles. The summed E-state index contributed by atoms with van der Waals surface area (Å²) in [5.41, 5.74) is 2.49. The molecular formula is C24H28N4O5. The maximum absolute atomic E-state index is 13.2. The molecule has 0 spiro atoms. The minimum atomic E-state index is -0.716. The summed E-state index contributed by atoms with van der Waals surface area (Å²) in [5.74, 6) is 1.84. The smallest absolute Gasteiger partial charge is 0.291 e. The summed E-state index contributed by atoms with van der Waals surface area (Å²) in [7, 11) is 3.20. The van der Waals surface area contributed by atoms with Crippen molar-refractivity contribution in [2.45, 2.75) is 39.2 Å². The van der Waals surface area contributed by atoms with E-state index in [1.165, 1.54) is 4.68 Å². The quantitative estimate of drug-likeness (QED) is 0.419. The normalized spacial score (nSPS) is 12.2. The van der Waals surface area contributed by atoms with E-state index in [-0.39, 0.29) is 11.5 Å². The summed E-state index contributed by atoms with van der Waals surface area (Å²) in [6.45, 7) is 4.23. The van der Waals surface area contributed by atoms with Gasteiger partial charge in [0.25, 0.3) is 5.56 Å². The molecule has 0 aliphatic carbocycles. The maximum atomic E-state index is 13.2. The van der Waals surface area contributed by atoms with Crippen molar-refractivity contribution >= 4 is 22.5 Å². The summed E-state index contributed by atoms with van der Waals surface area (Å²) in [6.07, 6.45) is 3.19. The Morgan fingerprint density at radius 3 is 2.67 bits per heavy atom. The van der Waals surface area contributed by atoms with Crippen LogP contribution in [-0.4, -0.2) is 40.9 Å². The van der Waals surface area contributed by atoms with E-state index >= 15 is 0 Å². The second-order valence-corrected chi connectivity index (χ2v) is 7.70. The molecule has 0 fully saturated rings. The zero-order valence-corrected chi connectivity index (χ0v) is 19.3. The first-order valence-corrected chi connectivity index (χ1v) is 11.0. The molecule has 4 aromatic rings. The molecule has 0 unspecified atom stereocenters. The van der Waals surface area contributed by atoms with E-state index in [0.717, 1.165) is 11.1 Å². The van der Waals surface area contributed by atoms with Crippen molar-refractivity contribution in [1.29, 1.82) is 0 Å². The number of hydrogen-bond donors (Lipinski definition) is 1. The average molecular weight is 453 g/mol. The number of hydrogen-bond acceptors (Lipinski definition) is 6. The summed E-state index contributed by atoms with van der Waals surface area (Å²) in [6, 6.07) is 8.38. The van der Waals surface area contributed by atoms with E-state index < -0.39 is 6.04 Å². The second kappa shape index (κ2) is 9.40. The van der Waals surface area contributed by atoms with E-state index in [9.17, 15) is 9.59 Å². The molecule has 1 amide bonds. The largest absolute Gasteiger partial charge is 0.497 e. The van der Waals surface area contributed by atoms with Gasteiger partial charge in [-0.2, -0.15) is 5.10 Å². The highest BCUT2D eigenvalue weighted by Gasteiger charge is 2.24. The molecule has 1 N–H and O–H groups in total. The molecule has 0 saturated carbocycles. The molecular weight excluding hydrogens is 424 g/mol. The van der Waals surface area contributed by atoms with Gasteiger partial charge in [0.15, 0.2) is 5.58 Å². The third kappa shape index (κ3) is 4.06. The molecule has 1 atom stereocenters. The lowest BCUT2D eigenvalue weighted by Crippen LogP contribution is -2.40. The Morgan fingerprint density at radius 2 is 1.97 bits per heavy atom. The lowest BCUT2D eigenvalue weighted by molar-refractivity contribution is -0.124. The fraction of sp³-hybridized carbons (Fsp3) is 0.375. The minimum absolute atomic E-state index is 0.249. The number of rotatable bonds is 9. The van der Waals surface area contributed by atoms with E-state index in [1.807, 2.05) is 38.1 Å². The summed E-state index contributed by atoms with van der Waals surface area (Å²) < 4.78 is 19.2. The third-order valence-electron chi connectivity index (χ3n) is 5.82. The van der Waals surface area contributed by atoms with Crippen molar-refractivity contribution in [2.24, 2.45) is 0 Å².